The maximum atomic E-state index is 3.36. The van der Waals surface area contributed by atoms with Crippen LogP contribution in [0.1, 0.15) is 39.5 Å². The molecule has 0 radical (unpaired) electrons. The van der Waals surface area contributed by atoms with Crippen LogP contribution in [0.4, 0.5) is 0 Å². The van der Waals surface area contributed by atoms with Crippen molar-refractivity contribution in [2.75, 3.05) is 20.6 Å². The highest BCUT2D eigenvalue weighted by Crippen LogP contribution is 2.22. The van der Waals surface area contributed by atoms with Crippen molar-refractivity contribution in [3.63, 3.8) is 0 Å². The molecule has 0 saturated carbocycles. The minimum Gasteiger partial charge on any atom is -0.315 e. The van der Waals surface area contributed by atoms with Crippen LogP contribution in [0, 0.1) is 0 Å². The normalized spacial score (nSPS) is 25.4. The molecule has 2 heteroatoms. The maximum Gasteiger partial charge on any atom is 0.0122 e. The Morgan fingerprint density at radius 2 is 2.15 bits per heavy atom. The van der Waals surface area contributed by atoms with E-state index in [0.29, 0.717) is 5.54 Å². The summed E-state index contributed by atoms with van der Waals surface area (Å²) in [5.41, 5.74) is 0.309. The number of hydrogen-bond acceptors (Lipinski definition) is 2. The van der Waals surface area contributed by atoms with E-state index in [-0.39, 0.29) is 0 Å². The summed E-state index contributed by atoms with van der Waals surface area (Å²) in [5.74, 6) is 0. The highest BCUT2D eigenvalue weighted by Gasteiger charge is 2.23. The van der Waals surface area contributed by atoms with E-state index in [4.69, 9.17) is 0 Å². The van der Waals surface area contributed by atoms with Gasteiger partial charge in [0.1, 0.15) is 0 Å². The zero-order valence-electron chi connectivity index (χ0n) is 9.56. The third-order valence-electron chi connectivity index (χ3n) is 3.45. The predicted octanol–water partition coefficient (Wildman–Crippen LogP) is 1.86. The Hall–Kier alpha value is -0.0800. The first-order valence-electron chi connectivity index (χ1n) is 5.44. The fraction of sp³-hybridized carbons (Fsp3) is 1.00. The summed E-state index contributed by atoms with van der Waals surface area (Å²) in [6.07, 6.45) is 5.40. The number of nitrogens with zero attached hydrogens (tertiary/aromatic N) is 1. The van der Waals surface area contributed by atoms with E-state index < -0.39 is 0 Å². The van der Waals surface area contributed by atoms with Gasteiger partial charge < -0.3 is 10.2 Å². The number of likely N-dealkylation sites (tertiary alicyclic amines) is 1. The zero-order valence-corrected chi connectivity index (χ0v) is 9.56. The topological polar surface area (TPSA) is 15.3 Å². The molecule has 1 fully saturated rings. The summed E-state index contributed by atoms with van der Waals surface area (Å²) in [4.78, 5) is 2.51. The lowest BCUT2D eigenvalue weighted by Crippen LogP contribution is -2.38. The fourth-order valence-corrected chi connectivity index (χ4v) is 2.00. The SMILES string of the molecule is CNC(C)(C)CCC1CCCN1C. The predicted molar refractivity (Wildman–Crippen MR) is 58.0 cm³/mol. The molecule has 1 N–H and O–H groups in total. The standard InChI is InChI=1S/C11H24N2/c1-11(2,12-3)8-7-10-6-5-9-13(10)4/h10,12H,5-9H2,1-4H3. The van der Waals surface area contributed by atoms with E-state index in [0.717, 1.165) is 6.04 Å². The van der Waals surface area contributed by atoms with Gasteiger partial charge in [0.25, 0.3) is 0 Å². The van der Waals surface area contributed by atoms with Gasteiger partial charge in [-0.3, -0.25) is 0 Å². The van der Waals surface area contributed by atoms with Crippen LogP contribution in [-0.2, 0) is 0 Å². The van der Waals surface area contributed by atoms with Crippen molar-refractivity contribution in [1.82, 2.24) is 10.2 Å². The summed E-state index contributed by atoms with van der Waals surface area (Å²) < 4.78 is 0. The number of rotatable bonds is 4. The molecule has 0 aromatic rings. The largest absolute Gasteiger partial charge is 0.315 e. The first kappa shape index (κ1) is 11.0. The van der Waals surface area contributed by atoms with Gasteiger partial charge in [0.05, 0.1) is 0 Å². The van der Waals surface area contributed by atoms with Gasteiger partial charge in [-0.2, -0.15) is 0 Å². The van der Waals surface area contributed by atoms with Crippen molar-refractivity contribution in [3.8, 4) is 0 Å². The van der Waals surface area contributed by atoms with Crippen LogP contribution in [0.5, 0.6) is 0 Å². The van der Waals surface area contributed by atoms with Gasteiger partial charge in [-0.15, -0.1) is 0 Å². The zero-order chi connectivity index (χ0) is 9.90. The van der Waals surface area contributed by atoms with Crippen LogP contribution in [-0.4, -0.2) is 37.1 Å². The Kier molecular flexibility index (Phi) is 3.74. The molecule has 1 saturated heterocycles. The molecule has 1 rings (SSSR count). The lowest BCUT2D eigenvalue weighted by atomic mass is 9.95. The molecule has 1 unspecified atom stereocenters. The molecule has 1 aliphatic rings. The number of hydrogen-bond donors (Lipinski definition) is 1. The third-order valence-corrected chi connectivity index (χ3v) is 3.45. The van der Waals surface area contributed by atoms with E-state index in [1.165, 1.54) is 32.2 Å². The monoisotopic (exact) mass is 184 g/mol. The molecular weight excluding hydrogens is 160 g/mol. The quantitative estimate of drug-likeness (QED) is 0.717. The van der Waals surface area contributed by atoms with E-state index in [1.54, 1.807) is 0 Å². The molecule has 78 valence electrons. The highest BCUT2D eigenvalue weighted by molar-refractivity contribution is 4.82. The number of nitrogens with one attached hydrogen (secondary N) is 1. The molecular formula is C11H24N2. The first-order valence-corrected chi connectivity index (χ1v) is 5.44. The molecule has 1 atom stereocenters. The average Bonchev–Trinajstić information content (AvgIpc) is 2.48. The smallest absolute Gasteiger partial charge is 0.0122 e. The average molecular weight is 184 g/mol. The second-order valence-electron chi connectivity index (χ2n) is 4.95. The van der Waals surface area contributed by atoms with E-state index in [1.807, 2.05) is 0 Å². The lowest BCUT2D eigenvalue weighted by Gasteiger charge is -2.27. The van der Waals surface area contributed by atoms with Gasteiger partial charge in [-0.25, -0.2) is 0 Å². The molecule has 0 spiro atoms. The summed E-state index contributed by atoms with van der Waals surface area (Å²) in [6.45, 7) is 5.86. The minimum atomic E-state index is 0.309. The van der Waals surface area contributed by atoms with Crippen LogP contribution < -0.4 is 5.32 Å². The van der Waals surface area contributed by atoms with Crippen molar-refractivity contribution in [1.29, 1.82) is 0 Å². The molecule has 0 amide bonds. The molecule has 2 nitrogen and oxygen atoms in total. The van der Waals surface area contributed by atoms with Crippen LogP contribution in [0.3, 0.4) is 0 Å². The summed E-state index contributed by atoms with van der Waals surface area (Å²) in [5, 5.41) is 3.36. The van der Waals surface area contributed by atoms with Gasteiger partial charge in [0, 0.05) is 11.6 Å². The van der Waals surface area contributed by atoms with Crippen LogP contribution in [0.25, 0.3) is 0 Å². The third kappa shape index (κ3) is 3.28. The molecule has 0 bridgehead atoms. The molecule has 1 aliphatic heterocycles. The maximum absolute atomic E-state index is 3.36. The van der Waals surface area contributed by atoms with Crippen molar-refractivity contribution in [2.45, 2.75) is 51.1 Å². The fourth-order valence-electron chi connectivity index (χ4n) is 2.00. The Bertz CT molecular complexity index is 154. The Balaban J connectivity index is 2.25. The van der Waals surface area contributed by atoms with Crippen molar-refractivity contribution >= 4 is 0 Å². The van der Waals surface area contributed by atoms with Gasteiger partial charge >= 0.3 is 0 Å². The summed E-state index contributed by atoms with van der Waals surface area (Å²) in [7, 11) is 4.31. The summed E-state index contributed by atoms with van der Waals surface area (Å²) in [6, 6.07) is 0.840. The highest BCUT2D eigenvalue weighted by atomic mass is 15.1. The van der Waals surface area contributed by atoms with Crippen molar-refractivity contribution < 1.29 is 0 Å². The minimum absolute atomic E-state index is 0.309. The molecule has 13 heavy (non-hydrogen) atoms. The van der Waals surface area contributed by atoms with Gasteiger partial charge in [0.2, 0.25) is 0 Å². The van der Waals surface area contributed by atoms with E-state index in [2.05, 4.69) is 38.2 Å². The molecule has 1 heterocycles. The van der Waals surface area contributed by atoms with Crippen LogP contribution >= 0.6 is 0 Å². The van der Waals surface area contributed by atoms with E-state index >= 15 is 0 Å². The Morgan fingerprint density at radius 3 is 2.62 bits per heavy atom. The Labute approximate surface area is 82.7 Å². The van der Waals surface area contributed by atoms with Gasteiger partial charge in [-0.1, -0.05) is 0 Å². The van der Waals surface area contributed by atoms with Gasteiger partial charge in [-0.05, 0) is 60.2 Å². The first-order chi connectivity index (χ1) is 6.05. The van der Waals surface area contributed by atoms with E-state index in [9.17, 15) is 0 Å². The van der Waals surface area contributed by atoms with Crippen LogP contribution in [0.2, 0.25) is 0 Å². The second-order valence-corrected chi connectivity index (χ2v) is 4.95. The molecule has 0 aromatic carbocycles. The van der Waals surface area contributed by atoms with Crippen LogP contribution in [0.15, 0.2) is 0 Å². The summed E-state index contributed by atoms with van der Waals surface area (Å²) >= 11 is 0. The molecule has 0 aliphatic carbocycles. The van der Waals surface area contributed by atoms with Crippen molar-refractivity contribution in [3.05, 3.63) is 0 Å². The van der Waals surface area contributed by atoms with Gasteiger partial charge in [0.15, 0.2) is 0 Å². The molecule has 0 aromatic heterocycles. The Morgan fingerprint density at radius 1 is 1.46 bits per heavy atom. The second kappa shape index (κ2) is 4.43. The lowest BCUT2D eigenvalue weighted by molar-refractivity contribution is 0.262. The van der Waals surface area contributed by atoms with Crippen molar-refractivity contribution in [2.24, 2.45) is 0 Å².